The van der Waals surface area contributed by atoms with Gasteiger partial charge in [0.1, 0.15) is 12.6 Å². The lowest BCUT2D eigenvalue weighted by Crippen LogP contribution is -2.35. The monoisotopic (exact) mass is 1050 g/mol. The van der Waals surface area contributed by atoms with Crippen molar-refractivity contribution in [3.8, 4) is 0 Å². The zero-order valence-electron chi connectivity index (χ0n) is 48.5. The van der Waals surface area contributed by atoms with Crippen LogP contribution in [-0.2, 0) is 28.9 Å². The Morgan fingerprint density at radius 3 is 1.13 bits per heavy atom. The SMILES string of the molecule is C.C.C=CC=O.CC.CC.CC.CC.CC.Nc1ccccc1.O=CCCN1CCC(Cc2ccccc2)CC1.c1ccc(CC2CCN(CCCNc3ccccc3)CC2)cc1.c1ccc(CC2CCNCC2)cc1. The standard InChI is InChI=1S/C21H28N2.C15H21NO.C12H17N.C6H7N.C3H4O.5C2H6.2CH4/c1-3-8-19(9-4-1)18-20-12-16-23(17-13-20)15-7-14-22-21-10-5-2-6-11-21;17-12-4-9-16-10-7-15(8-11-16)13-14-5-2-1-3-6-14;1-2-4-11(5-3-1)10-12-6-8-13-9-7-12;7-6-4-2-1-3-5-6;1-2-3-4;5*1-2;;/h1-6,8-11,20,22H,7,12-18H2;1-3,5-6,12,15H,4,7-11,13H2;1-5,12-13H,6-10H2;1-5H,7H2;2-3H,1H2;5*1-2H3;2*1H4. The Labute approximate surface area is 470 Å². The third-order valence-electron chi connectivity index (χ3n) is 12.2. The summed E-state index contributed by atoms with van der Waals surface area (Å²) in [6, 6.07) is 52.5. The number of carbonyl (C=O) groups excluding carboxylic acids is 2. The van der Waals surface area contributed by atoms with E-state index in [1.165, 1.54) is 125 Å². The van der Waals surface area contributed by atoms with Gasteiger partial charge >= 0.3 is 0 Å². The van der Waals surface area contributed by atoms with Gasteiger partial charge in [0.15, 0.2) is 0 Å². The number of para-hydroxylation sites is 2. The van der Waals surface area contributed by atoms with Crippen molar-refractivity contribution < 1.29 is 9.59 Å². The number of hydrogen-bond acceptors (Lipinski definition) is 7. The van der Waals surface area contributed by atoms with Gasteiger partial charge in [0.25, 0.3) is 0 Å². The maximum atomic E-state index is 10.3. The van der Waals surface area contributed by atoms with Crippen LogP contribution in [0, 0.1) is 17.8 Å². The lowest BCUT2D eigenvalue weighted by Gasteiger charge is -2.32. The van der Waals surface area contributed by atoms with Gasteiger partial charge in [0.05, 0.1) is 0 Å². The molecule has 0 aliphatic carbocycles. The first kappa shape index (κ1) is 77.2. The van der Waals surface area contributed by atoms with Crippen LogP contribution in [0.5, 0.6) is 0 Å². The van der Waals surface area contributed by atoms with E-state index in [4.69, 9.17) is 10.5 Å². The van der Waals surface area contributed by atoms with Gasteiger partial charge in [-0.25, -0.2) is 0 Å². The van der Waals surface area contributed by atoms with Gasteiger partial charge in [-0.05, 0) is 175 Å². The zero-order valence-corrected chi connectivity index (χ0v) is 48.5. The van der Waals surface area contributed by atoms with E-state index in [0.29, 0.717) is 12.7 Å². The summed E-state index contributed by atoms with van der Waals surface area (Å²) in [6.07, 6.45) is 16.4. The van der Waals surface area contributed by atoms with Crippen LogP contribution in [0.3, 0.4) is 0 Å². The lowest BCUT2D eigenvalue weighted by molar-refractivity contribution is -0.108. The number of piperidine rings is 3. The van der Waals surface area contributed by atoms with Gasteiger partial charge in [-0.3, -0.25) is 4.79 Å². The summed E-state index contributed by atoms with van der Waals surface area (Å²) in [7, 11) is 0. The van der Waals surface area contributed by atoms with Crippen molar-refractivity contribution in [2.45, 2.75) is 155 Å². The Morgan fingerprint density at radius 2 is 0.816 bits per heavy atom. The number of aldehydes is 2. The molecule has 0 saturated carbocycles. The topological polar surface area (TPSA) is 90.7 Å². The predicted octanol–water partition coefficient (Wildman–Crippen LogP) is 17.2. The highest BCUT2D eigenvalue weighted by Gasteiger charge is 2.20. The minimum absolute atomic E-state index is 0. The van der Waals surface area contributed by atoms with Crippen molar-refractivity contribution in [2.24, 2.45) is 17.8 Å². The molecule has 3 aliphatic rings. The molecule has 5 aromatic rings. The van der Waals surface area contributed by atoms with E-state index in [1.807, 2.05) is 99.6 Å². The van der Waals surface area contributed by atoms with E-state index in [2.05, 4.69) is 148 Å². The second kappa shape index (κ2) is 58.9. The molecule has 0 radical (unpaired) electrons. The number of benzene rings is 5. The van der Waals surface area contributed by atoms with Gasteiger partial charge in [-0.1, -0.05) is 218 Å². The molecule has 0 amide bonds. The molecular formula is C69H115N5O2. The highest BCUT2D eigenvalue weighted by molar-refractivity contribution is 5.63. The van der Waals surface area contributed by atoms with Crippen molar-refractivity contribution in [2.75, 3.05) is 70.0 Å². The molecule has 3 saturated heterocycles. The smallest absolute Gasteiger partial charge is 0.142 e. The van der Waals surface area contributed by atoms with Crippen molar-refractivity contribution >= 4 is 23.9 Å². The summed E-state index contributed by atoms with van der Waals surface area (Å²) in [5.74, 6) is 2.60. The summed E-state index contributed by atoms with van der Waals surface area (Å²) in [5, 5.41) is 6.90. The van der Waals surface area contributed by atoms with Crippen molar-refractivity contribution in [3.63, 3.8) is 0 Å². The fraction of sp³-hybridized carbons (Fsp3) is 0.507. The van der Waals surface area contributed by atoms with Crippen molar-refractivity contribution in [1.82, 2.24) is 15.1 Å². The number of anilines is 2. The molecule has 76 heavy (non-hydrogen) atoms. The average molecular weight is 1050 g/mol. The average Bonchev–Trinajstić information content (AvgIpc) is 3.49. The summed E-state index contributed by atoms with van der Waals surface area (Å²) in [5.41, 5.74) is 11.9. The van der Waals surface area contributed by atoms with Crippen LogP contribution in [0.25, 0.3) is 0 Å². The largest absolute Gasteiger partial charge is 0.399 e. The molecule has 0 atom stereocenters. The number of rotatable bonds is 15. The zero-order chi connectivity index (χ0) is 55.1. The number of likely N-dealkylation sites (tertiary alicyclic amines) is 2. The summed E-state index contributed by atoms with van der Waals surface area (Å²) in [6.45, 7) is 33.6. The molecule has 7 heteroatoms. The van der Waals surface area contributed by atoms with E-state index < -0.39 is 0 Å². The second-order valence-electron chi connectivity index (χ2n) is 17.2. The summed E-state index contributed by atoms with van der Waals surface area (Å²) < 4.78 is 0. The minimum atomic E-state index is 0. The molecule has 3 fully saturated rings. The first-order valence-electron chi connectivity index (χ1n) is 28.9. The molecule has 0 unspecified atom stereocenters. The van der Waals surface area contributed by atoms with Gasteiger partial charge in [-0.15, -0.1) is 0 Å². The molecule has 8 rings (SSSR count). The molecular weight excluding hydrogens is 931 g/mol. The summed E-state index contributed by atoms with van der Waals surface area (Å²) >= 11 is 0. The van der Waals surface area contributed by atoms with Gasteiger partial charge in [-0.2, -0.15) is 0 Å². The Balaban J connectivity index is -0.000000435. The molecule has 4 N–H and O–H groups in total. The van der Waals surface area contributed by atoms with Gasteiger partial charge in [0, 0.05) is 30.9 Å². The second-order valence-corrected chi connectivity index (χ2v) is 17.2. The number of carbonyl (C=O) groups is 2. The normalized spacial score (nSPS) is 13.7. The molecule has 5 aromatic carbocycles. The van der Waals surface area contributed by atoms with Crippen LogP contribution in [0.4, 0.5) is 11.4 Å². The Hall–Kier alpha value is -5.34. The fourth-order valence-corrected chi connectivity index (χ4v) is 8.54. The van der Waals surface area contributed by atoms with Crippen molar-refractivity contribution in [1.29, 1.82) is 0 Å². The third kappa shape index (κ3) is 41.9. The van der Waals surface area contributed by atoms with Crippen molar-refractivity contribution in [3.05, 3.63) is 181 Å². The highest BCUT2D eigenvalue weighted by Crippen LogP contribution is 2.23. The number of nitrogens with zero attached hydrogens (tertiary/aromatic N) is 2. The van der Waals surface area contributed by atoms with Gasteiger partial charge < -0.3 is 31.0 Å². The quantitative estimate of drug-likeness (QED) is 0.0416. The molecule has 0 spiro atoms. The Morgan fingerprint density at radius 1 is 0.500 bits per heavy atom. The van der Waals surface area contributed by atoms with Crippen LogP contribution >= 0.6 is 0 Å². The molecule has 3 aliphatic heterocycles. The van der Waals surface area contributed by atoms with E-state index in [9.17, 15) is 4.79 Å². The molecule has 0 bridgehead atoms. The van der Waals surface area contributed by atoms with Crippen LogP contribution in [0.1, 0.15) is 152 Å². The van der Waals surface area contributed by atoms with Crippen LogP contribution in [0.15, 0.2) is 164 Å². The fourth-order valence-electron chi connectivity index (χ4n) is 8.54. The van der Waals surface area contributed by atoms with E-state index in [-0.39, 0.29) is 14.9 Å². The van der Waals surface area contributed by atoms with E-state index in [0.717, 1.165) is 55.9 Å². The van der Waals surface area contributed by atoms with Crippen LogP contribution in [-0.4, -0.2) is 81.3 Å². The number of nitrogens with two attached hydrogens (primary N) is 1. The predicted molar refractivity (Wildman–Crippen MR) is 342 cm³/mol. The molecule has 0 aromatic heterocycles. The third-order valence-corrected chi connectivity index (χ3v) is 12.2. The number of nitrogen functional groups attached to an aromatic ring is 1. The number of hydrogen-bond donors (Lipinski definition) is 3. The molecule has 3 heterocycles. The van der Waals surface area contributed by atoms with Crippen LogP contribution in [0.2, 0.25) is 0 Å². The van der Waals surface area contributed by atoms with Gasteiger partial charge in [0.2, 0.25) is 0 Å². The maximum Gasteiger partial charge on any atom is 0.142 e. The highest BCUT2D eigenvalue weighted by atomic mass is 16.1. The number of allylic oxidation sites excluding steroid dienone is 1. The van der Waals surface area contributed by atoms with E-state index in [1.54, 1.807) is 0 Å². The first-order chi connectivity index (χ1) is 36.5. The Bertz CT molecular complexity index is 1850. The van der Waals surface area contributed by atoms with Crippen LogP contribution < -0.4 is 16.4 Å². The number of nitrogens with one attached hydrogen (secondary N) is 2. The first-order valence-corrected chi connectivity index (χ1v) is 28.9. The minimum Gasteiger partial charge on any atom is -0.399 e. The lowest BCUT2D eigenvalue weighted by atomic mass is 9.90. The Kier molecular flexibility index (Phi) is 59.8. The maximum absolute atomic E-state index is 10.3. The van der Waals surface area contributed by atoms with E-state index >= 15 is 0 Å². The molecule has 7 nitrogen and oxygen atoms in total. The summed E-state index contributed by atoms with van der Waals surface area (Å²) in [4.78, 5) is 24.4. The molecule has 428 valence electrons.